The molecule has 0 bridgehead atoms. The van der Waals surface area contributed by atoms with Gasteiger partial charge in [0.1, 0.15) is 0 Å². The lowest BCUT2D eigenvalue weighted by molar-refractivity contribution is 0.296. The van der Waals surface area contributed by atoms with Crippen molar-refractivity contribution in [1.82, 2.24) is 4.90 Å². The third-order valence-electron chi connectivity index (χ3n) is 3.64. The minimum absolute atomic E-state index is 0.818. The quantitative estimate of drug-likeness (QED) is 0.807. The SMILES string of the molecule is Cc1ccc(C2=CCN(CCCCN)CC2)cc1. The van der Waals surface area contributed by atoms with Crippen LogP contribution in [0.5, 0.6) is 0 Å². The Morgan fingerprint density at radius 1 is 1.17 bits per heavy atom. The Hall–Kier alpha value is -1.12. The van der Waals surface area contributed by atoms with E-state index in [4.69, 9.17) is 5.73 Å². The van der Waals surface area contributed by atoms with E-state index in [0.29, 0.717) is 0 Å². The van der Waals surface area contributed by atoms with Gasteiger partial charge in [-0.05, 0) is 50.4 Å². The second-order valence-electron chi connectivity index (χ2n) is 5.14. The van der Waals surface area contributed by atoms with Gasteiger partial charge in [-0.3, -0.25) is 4.90 Å². The lowest BCUT2D eigenvalue weighted by Gasteiger charge is -2.26. The highest BCUT2D eigenvalue weighted by molar-refractivity contribution is 5.66. The first-order chi connectivity index (χ1) is 8.79. The van der Waals surface area contributed by atoms with Gasteiger partial charge in [0, 0.05) is 13.1 Å². The second kappa shape index (κ2) is 6.72. The smallest absolute Gasteiger partial charge is 0.0169 e. The maximum absolute atomic E-state index is 5.52. The molecule has 0 fully saturated rings. The number of unbranched alkanes of at least 4 members (excludes halogenated alkanes) is 1. The molecule has 0 amide bonds. The summed E-state index contributed by atoms with van der Waals surface area (Å²) in [5, 5.41) is 0. The molecule has 1 aromatic carbocycles. The van der Waals surface area contributed by atoms with E-state index < -0.39 is 0 Å². The van der Waals surface area contributed by atoms with E-state index in [1.165, 1.54) is 42.6 Å². The lowest BCUT2D eigenvalue weighted by Crippen LogP contribution is -2.29. The van der Waals surface area contributed by atoms with Crippen LogP contribution in [-0.2, 0) is 0 Å². The average molecular weight is 244 g/mol. The molecule has 1 aliphatic rings. The normalized spacial score (nSPS) is 16.7. The zero-order valence-electron chi connectivity index (χ0n) is 11.4. The molecule has 0 aliphatic carbocycles. The summed E-state index contributed by atoms with van der Waals surface area (Å²) >= 11 is 0. The van der Waals surface area contributed by atoms with Crippen molar-refractivity contribution < 1.29 is 0 Å². The molecule has 1 aromatic rings. The fourth-order valence-electron chi connectivity index (χ4n) is 2.42. The summed E-state index contributed by atoms with van der Waals surface area (Å²) in [6, 6.07) is 8.88. The molecule has 0 saturated heterocycles. The fourth-order valence-corrected chi connectivity index (χ4v) is 2.42. The van der Waals surface area contributed by atoms with E-state index >= 15 is 0 Å². The van der Waals surface area contributed by atoms with Crippen LogP contribution in [0.1, 0.15) is 30.4 Å². The summed E-state index contributed by atoms with van der Waals surface area (Å²) in [5.41, 5.74) is 9.75. The molecule has 1 heterocycles. The van der Waals surface area contributed by atoms with Crippen molar-refractivity contribution >= 4 is 5.57 Å². The van der Waals surface area contributed by atoms with Gasteiger partial charge in [-0.15, -0.1) is 0 Å². The van der Waals surface area contributed by atoms with E-state index in [2.05, 4.69) is 42.2 Å². The lowest BCUT2D eigenvalue weighted by atomic mass is 9.98. The maximum atomic E-state index is 5.52. The third kappa shape index (κ3) is 3.69. The molecule has 1 aliphatic heterocycles. The minimum atomic E-state index is 0.818. The zero-order chi connectivity index (χ0) is 12.8. The predicted octanol–water partition coefficient (Wildman–Crippen LogP) is 2.82. The number of benzene rings is 1. The highest BCUT2D eigenvalue weighted by Gasteiger charge is 2.12. The van der Waals surface area contributed by atoms with Crippen LogP contribution in [-0.4, -0.2) is 31.1 Å². The van der Waals surface area contributed by atoms with Gasteiger partial charge in [0.2, 0.25) is 0 Å². The number of hydrogen-bond donors (Lipinski definition) is 1. The van der Waals surface area contributed by atoms with E-state index in [9.17, 15) is 0 Å². The number of nitrogens with two attached hydrogens (primary N) is 1. The second-order valence-corrected chi connectivity index (χ2v) is 5.14. The van der Waals surface area contributed by atoms with Gasteiger partial charge < -0.3 is 5.73 Å². The van der Waals surface area contributed by atoms with Crippen LogP contribution < -0.4 is 5.73 Å². The summed E-state index contributed by atoms with van der Waals surface area (Å²) < 4.78 is 0. The largest absolute Gasteiger partial charge is 0.330 e. The first-order valence-electron chi connectivity index (χ1n) is 6.98. The van der Waals surface area contributed by atoms with Crippen LogP contribution in [0.3, 0.4) is 0 Å². The maximum Gasteiger partial charge on any atom is 0.0169 e. The molecular weight excluding hydrogens is 220 g/mol. The molecule has 2 heteroatoms. The van der Waals surface area contributed by atoms with Crippen molar-refractivity contribution in [3.63, 3.8) is 0 Å². The van der Waals surface area contributed by atoms with Crippen molar-refractivity contribution in [2.24, 2.45) is 5.73 Å². The number of nitrogens with zero attached hydrogens (tertiary/aromatic N) is 1. The Morgan fingerprint density at radius 2 is 1.94 bits per heavy atom. The number of hydrogen-bond acceptors (Lipinski definition) is 2. The van der Waals surface area contributed by atoms with Crippen LogP contribution in [0.4, 0.5) is 0 Å². The zero-order valence-corrected chi connectivity index (χ0v) is 11.4. The highest BCUT2D eigenvalue weighted by Crippen LogP contribution is 2.22. The Bertz CT molecular complexity index is 392. The molecule has 0 atom stereocenters. The van der Waals surface area contributed by atoms with Gasteiger partial charge in [0.25, 0.3) is 0 Å². The Kier molecular flexibility index (Phi) is 4.97. The standard InChI is InChI=1S/C16H24N2/c1-14-4-6-15(7-5-14)16-8-12-18(13-9-16)11-3-2-10-17/h4-8H,2-3,9-13,17H2,1H3. The summed E-state index contributed by atoms with van der Waals surface area (Å²) in [7, 11) is 0. The van der Waals surface area contributed by atoms with Crippen molar-refractivity contribution in [3.8, 4) is 0 Å². The summed E-state index contributed by atoms with van der Waals surface area (Å²) in [5.74, 6) is 0. The van der Waals surface area contributed by atoms with E-state index in [-0.39, 0.29) is 0 Å². The summed E-state index contributed by atoms with van der Waals surface area (Å²) in [6.07, 6.45) is 5.93. The van der Waals surface area contributed by atoms with Crippen molar-refractivity contribution in [3.05, 3.63) is 41.5 Å². The summed E-state index contributed by atoms with van der Waals surface area (Å²) in [4.78, 5) is 2.52. The average Bonchev–Trinajstić information content (AvgIpc) is 2.41. The Morgan fingerprint density at radius 3 is 2.56 bits per heavy atom. The van der Waals surface area contributed by atoms with E-state index in [0.717, 1.165) is 19.5 Å². The molecule has 2 nitrogen and oxygen atoms in total. The van der Waals surface area contributed by atoms with Gasteiger partial charge in [-0.2, -0.15) is 0 Å². The molecule has 0 aromatic heterocycles. The van der Waals surface area contributed by atoms with Crippen LogP contribution in [0.25, 0.3) is 5.57 Å². The molecule has 18 heavy (non-hydrogen) atoms. The van der Waals surface area contributed by atoms with E-state index in [1.807, 2.05) is 0 Å². The molecule has 98 valence electrons. The molecule has 0 radical (unpaired) electrons. The topological polar surface area (TPSA) is 29.3 Å². The monoisotopic (exact) mass is 244 g/mol. The van der Waals surface area contributed by atoms with Crippen LogP contribution in [0.15, 0.2) is 30.3 Å². The molecule has 0 spiro atoms. The predicted molar refractivity (Wildman–Crippen MR) is 78.5 cm³/mol. The molecule has 0 unspecified atom stereocenters. The van der Waals surface area contributed by atoms with Crippen molar-refractivity contribution in [2.75, 3.05) is 26.2 Å². The molecule has 2 N–H and O–H groups in total. The van der Waals surface area contributed by atoms with Crippen molar-refractivity contribution in [2.45, 2.75) is 26.2 Å². The van der Waals surface area contributed by atoms with Gasteiger partial charge in [0.15, 0.2) is 0 Å². The highest BCUT2D eigenvalue weighted by atomic mass is 15.1. The fraction of sp³-hybridized carbons (Fsp3) is 0.500. The first kappa shape index (κ1) is 13.3. The van der Waals surface area contributed by atoms with Gasteiger partial charge in [0.05, 0.1) is 0 Å². The van der Waals surface area contributed by atoms with Crippen molar-refractivity contribution in [1.29, 1.82) is 0 Å². The number of aryl methyl sites for hydroxylation is 1. The van der Waals surface area contributed by atoms with Crippen LogP contribution >= 0.6 is 0 Å². The number of rotatable bonds is 5. The van der Waals surface area contributed by atoms with Gasteiger partial charge >= 0.3 is 0 Å². The van der Waals surface area contributed by atoms with Crippen LogP contribution in [0.2, 0.25) is 0 Å². The molecule has 2 rings (SSSR count). The minimum Gasteiger partial charge on any atom is -0.330 e. The Balaban J connectivity index is 1.88. The first-order valence-corrected chi connectivity index (χ1v) is 6.98. The molecular formula is C16H24N2. The van der Waals surface area contributed by atoms with Gasteiger partial charge in [-0.1, -0.05) is 35.9 Å². The van der Waals surface area contributed by atoms with E-state index in [1.54, 1.807) is 0 Å². The molecule has 0 saturated carbocycles. The Labute approximate surface area is 110 Å². The summed E-state index contributed by atoms with van der Waals surface area (Å²) in [6.45, 7) is 6.42. The van der Waals surface area contributed by atoms with Crippen LogP contribution in [0, 0.1) is 6.92 Å². The third-order valence-corrected chi connectivity index (χ3v) is 3.64. The van der Waals surface area contributed by atoms with Gasteiger partial charge in [-0.25, -0.2) is 0 Å².